The molecule has 3 aromatic rings. The van der Waals surface area contributed by atoms with E-state index in [-0.39, 0.29) is 17.8 Å². The van der Waals surface area contributed by atoms with Crippen LogP contribution in [-0.2, 0) is 0 Å². The quantitative estimate of drug-likeness (QED) is 0.745. The Morgan fingerprint density at radius 2 is 2.32 bits per heavy atom. The summed E-state index contributed by atoms with van der Waals surface area (Å²) in [6.45, 7) is 2.18. The lowest BCUT2D eigenvalue weighted by atomic mass is 10.3. The second kappa shape index (κ2) is 6.17. The summed E-state index contributed by atoms with van der Waals surface area (Å²) in [5.41, 5.74) is 0. The first-order valence-electron chi connectivity index (χ1n) is 6.74. The van der Waals surface area contributed by atoms with Gasteiger partial charge in [-0.1, -0.05) is 0 Å². The van der Waals surface area contributed by atoms with E-state index in [9.17, 15) is 4.79 Å². The highest BCUT2D eigenvalue weighted by Crippen LogP contribution is 2.08. The predicted molar refractivity (Wildman–Crippen MR) is 77.4 cm³/mol. The first kappa shape index (κ1) is 13.9. The number of carbonyl (C=O) groups is 1. The van der Waals surface area contributed by atoms with Crippen LogP contribution in [0.5, 0.6) is 5.75 Å². The van der Waals surface area contributed by atoms with Gasteiger partial charge >= 0.3 is 0 Å². The van der Waals surface area contributed by atoms with Crippen LogP contribution >= 0.6 is 0 Å². The molecule has 0 aliphatic rings. The predicted octanol–water partition coefficient (Wildman–Crippen LogP) is 0.717. The Morgan fingerprint density at radius 3 is 3.09 bits per heavy atom. The fourth-order valence-electron chi connectivity index (χ4n) is 1.84. The number of nitrogens with zero attached hydrogens (tertiary/aromatic N) is 5. The van der Waals surface area contributed by atoms with E-state index < -0.39 is 0 Å². The van der Waals surface area contributed by atoms with Crippen LogP contribution in [0.1, 0.15) is 17.5 Å². The third kappa shape index (κ3) is 3.17. The summed E-state index contributed by atoms with van der Waals surface area (Å²) < 4.78 is 7.07. The molecule has 0 saturated carbocycles. The highest BCUT2D eigenvalue weighted by Gasteiger charge is 2.14. The number of rotatable bonds is 5. The molecule has 0 saturated heterocycles. The Bertz CT molecular complexity index is 740. The molecule has 0 radical (unpaired) electrons. The van der Waals surface area contributed by atoms with Crippen molar-refractivity contribution in [2.75, 3.05) is 6.54 Å². The van der Waals surface area contributed by atoms with Crippen LogP contribution in [0, 0.1) is 0 Å². The van der Waals surface area contributed by atoms with Crippen molar-refractivity contribution >= 4 is 11.7 Å². The largest absolute Gasteiger partial charge is 0.487 e. The van der Waals surface area contributed by atoms with Gasteiger partial charge in [0.05, 0.1) is 12.7 Å². The minimum atomic E-state index is -0.368. The van der Waals surface area contributed by atoms with Crippen molar-refractivity contribution in [2.24, 2.45) is 0 Å². The smallest absolute Gasteiger partial charge is 0.291 e. The van der Waals surface area contributed by atoms with E-state index in [2.05, 4.69) is 25.4 Å². The SMILES string of the molecule is C[C@H](CNC(=O)c1nc2ncccn2n1)Oc1cccnc1. The molecule has 0 unspecified atom stereocenters. The van der Waals surface area contributed by atoms with Crippen LogP contribution in [0.3, 0.4) is 0 Å². The molecule has 3 rings (SSSR count). The Balaban J connectivity index is 1.57. The molecule has 8 heteroatoms. The van der Waals surface area contributed by atoms with Crippen molar-refractivity contribution in [3.8, 4) is 5.75 Å². The van der Waals surface area contributed by atoms with Gasteiger partial charge in [-0.25, -0.2) is 9.50 Å². The first-order valence-corrected chi connectivity index (χ1v) is 6.74. The van der Waals surface area contributed by atoms with E-state index in [1.165, 1.54) is 4.52 Å². The molecule has 1 atom stereocenters. The maximum Gasteiger partial charge on any atom is 0.291 e. The zero-order valence-electron chi connectivity index (χ0n) is 11.9. The summed E-state index contributed by atoms with van der Waals surface area (Å²) in [5.74, 6) is 0.742. The van der Waals surface area contributed by atoms with Crippen LogP contribution in [0.2, 0.25) is 0 Å². The number of hydrogen-bond acceptors (Lipinski definition) is 6. The van der Waals surface area contributed by atoms with Gasteiger partial charge in [0.1, 0.15) is 11.9 Å². The van der Waals surface area contributed by atoms with Gasteiger partial charge in [-0.2, -0.15) is 4.98 Å². The van der Waals surface area contributed by atoms with E-state index in [0.29, 0.717) is 18.1 Å². The Kier molecular flexibility index (Phi) is 3.90. The van der Waals surface area contributed by atoms with E-state index in [1.807, 2.05) is 6.92 Å². The Morgan fingerprint density at radius 1 is 1.41 bits per heavy atom. The summed E-state index contributed by atoms with van der Waals surface area (Å²) in [7, 11) is 0. The Hall–Kier alpha value is -3.03. The molecule has 0 aliphatic carbocycles. The van der Waals surface area contributed by atoms with Gasteiger partial charge in [-0.3, -0.25) is 9.78 Å². The lowest BCUT2D eigenvalue weighted by Crippen LogP contribution is -2.34. The normalized spacial score (nSPS) is 12.0. The fourth-order valence-corrected chi connectivity index (χ4v) is 1.84. The van der Waals surface area contributed by atoms with Gasteiger partial charge in [0.15, 0.2) is 0 Å². The molecule has 8 nitrogen and oxygen atoms in total. The number of ether oxygens (including phenoxy) is 1. The van der Waals surface area contributed by atoms with Crippen molar-refractivity contribution < 1.29 is 9.53 Å². The van der Waals surface area contributed by atoms with Crippen LogP contribution < -0.4 is 10.1 Å². The Labute approximate surface area is 126 Å². The van der Waals surface area contributed by atoms with Gasteiger partial charge in [0.25, 0.3) is 11.7 Å². The van der Waals surface area contributed by atoms with Gasteiger partial charge < -0.3 is 10.1 Å². The van der Waals surface area contributed by atoms with Gasteiger partial charge in [-0.05, 0) is 25.1 Å². The fraction of sp³-hybridized carbons (Fsp3) is 0.214. The summed E-state index contributed by atoms with van der Waals surface area (Å²) in [5, 5.41) is 6.78. The molecule has 1 amide bonds. The number of pyridine rings is 1. The van der Waals surface area contributed by atoms with Crippen molar-refractivity contribution in [1.82, 2.24) is 29.9 Å². The van der Waals surface area contributed by atoms with Gasteiger partial charge in [-0.15, -0.1) is 5.10 Å². The third-order valence-electron chi connectivity index (χ3n) is 2.84. The highest BCUT2D eigenvalue weighted by atomic mass is 16.5. The monoisotopic (exact) mass is 298 g/mol. The van der Waals surface area contributed by atoms with Crippen molar-refractivity contribution in [3.63, 3.8) is 0 Å². The zero-order chi connectivity index (χ0) is 15.4. The maximum atomic E-state index is 12.0. The second-order valence-corrected chi connectivity index (χ2v) is 4.63. The summed E-state index contributed by atoms with van der Waals surface area (Å²) >= 11 is 0. The zero-order valence-corrected chi connectivity index (χ0v) is 11.9. The standard InChI is InChI=1S/C14H14N6O2/c1-10(22-11-4-2-5-15-9-11)8-17-13(21)12-18-14-16-6-3-7-20(14)19-12/h2-7,9-10H,8H2,1H3,(H,17,21)/t10-/m1/s1. The third-order valence-corrected chi connectivity index (χ3v) is 2.84. The number of hydrogen-bond donors (Lipinski definition) is 1. The van der Waals surface area contributed by atoms with Crippen LogP contribution in [0.4, 0.5) is 0 Å². The molecule has 3 heterocycles. The highest BCUT2D eigenvalue weighted by molar-refractivity contribution is 5.90. The number of nitrogens with one attached hydrogen (secondary N) is 1. The minimum absolute atomic E-state index is 0.0762. The second-order valence-electron chi connectivity index (χ2n) is 4.63. The number of fused-ring (bicyclic) bond motifs is 1. The van der Waals surface area contributed by atoms with Crippen LogP contribution in [0.25, 0.3) is 5.78 Å². The van der Waals surface area contributed by atoms with Gasteiger partial charge in [0, 0.05) is 18.6 Å². The maximum absolute atomic E-state index is 12.0. The molecule has 0 aliphatic heterocycles. The molecule has 0 aromatic carbocycles. The van der Waals surface area contributed by atoms with Crippen molar-refractivity contribution in [3.05, 3.63) is 48.8 Å². The average molecular weight is 298 g/mol. The molecule has 0 bridgehead atoms. The van der Waals surface area contributed by atoms with E-state index >= 15 is 0 Å². The molecule has 112 valence electrons. The summed E-state index contributed by atoms with van der Waals surface area (Å²) in [6.07, 6.45) is 6.36. The van der Waals surface area contributed by atoms with Crippen LogP contribution in [0.15, 0.2) is 43.0 Å². The lowest BCUT2D eigenvalue weighted by molar-refractivity contribution is 0.0922. The van der Waals surface area contributed by atoms with Gasteiger partial charge in [0.2, 0.25) is 5.82 Å². The topological polar surface area (TPSA) is 94.3 Å². The lowest BCUT2D eigenvalue weighted by Gasteiger charge is -2.14. The van der Waals surface area contributed by atoms with E-state index in [1.54, 1.807) is 43.0 Å². The van der Waals surface area contributed by atoms with Crippen molar-refractivity contribution in [1.29, 1.82) is 0 Å². The van der Waals surface area contributed by atoms with E-state index in [0.717, 1.165) is 0 Å². The van der Waals surface area contributed by atoms with Crippen LogP contribution in [-0.4, -0.2) is 43.1 Å². The average Bonchev–Trinajstić information content (AvgIpc) is 2.98. The molecule has 3 aromatic heterocycles. The minimum Gasteiger partial charge on any atom is -0.487 e. The van der Waals surface area contributed by atoms with Crippen molar-refractivity contribution in [2.45, 2.75) is 13.0 Å². The summed E-state index contributed by atoms with van der Waals surface area (Å²) in [6, 6.07) is 5.31. The van der Waals surface area contributed by atoms with E-state index in [4.69, 9.17) is 4.74 Å². The number of carbonyl (C=O) groups excluding carboxylic acids is 1. The number of amides is 1. The molecule has 0 spiro atoms. The number of aromatic nitrogens is 5. The first-order chi connectivity index (χ1) is 10.7. The molecule has 1 N–H and O–H groups in total. The molecular formula is C14H14N6O2. The molecule has 22 heavy (non-hydrogen) atoms. The molecular weight excluding hydrogens is 284 g/mol. The molecule has 0 fully saturated rings. The summed E-state index contributed by atoms with van der Waals surface area (Å²) in [4.78, 5) is 24.1.